The van der Waals surface area contributed by atoms with Crippen LogP contribution < -0.4 is 10.2 Å². The molecule has 1 aliphatic heterocycles. The summed E-state index contributed by atoms with van der Waals surface area (Å²) in [6.45, 7) is 9.57. The highest BCUT2D eigenvalue weighted by Gasteiger charge is 2.44. The molecule has 0 aliphatic carbocycles. The van der Waals surface area contributed by atoms with Gasteiger partial charge in [0.2, 0.25) is 5.91 Å². The minimum atomic E-state index is -0.514. The summed E-state index contributed by atoms with van der Waals surface area (Å²) in [6.07, 6.45) is 0. The summed E-state index contributed by atoms with van der Waals surface area (Å²) < 4.78 is 0.890. The normalized spacial score (nSPS) is 23.2. The number of hydrogen-bond donors (Lipinski definition) is 1. The Labute approximate surface area is 134 Å². The molecule has 1 N–H and O–H groups in total. The van der Waals surface area contributed by atoms with Gasteiger partial charge in [-0.05, 0) is 37.0 Å². The van der Waals surface area contributed by atoms with Crippen LogP contribution in [0.25, 0.3) is 0 Å². The van der Waals surface area contributed by atoms with Gasteiger partial charge in [0.25, 0.3) is 5.91 Å². The maximum atomic E-state index is 12.9. The number of anilines is 1. The fourth-order valence-electron chi connectivity index (χ4n) is 2.53. The highest BCUT2D eigenvalue weighted by Crippen LogP contribution is 2.32. The minimum Gasteiger partial charge on any atom is -0.342 e. The van der Waals surface area contributed by atoms with Crippen molar-refractivity contribution in [1.82, 2.24) is 5.32 Å². The summed E-state index contributed by atoms with van der Waals surface area (Å²) in [5.41, 5.74) is 1.43. The first kappa shape index (κ1) is 16.0. The van der Waals surface area contributed by atoms with Gasteiger partial charge in [-0.3, -0.25) is 14.5 Å². The standard InChI is InChI=1S/C16H21BrN2O2/c1-9-6-7-11(17)8-12(9)19-10(2)14(20)18-13(15(19)21)16(3,4)5/h6-8,10,13H,1-5H3,(H,18,20). The van der Waals surface area contributed by atoms with Gasteiger partial charge in [-0.1, -0.05) is 42.8 Å². The number of aryl methyl sites for hydroxylation is 1. The summed E-state index contributed by atoms with van der Waals surface area (Å²) >= 11 is 3.43. The highest BCUT2D eigenvalue weighted by molar-refractivity contribution is 9.10. The molecule has 0 bridgehead atoms. The van der Waals surface area contributed by atoms with Crippen molar-refractivity contribution < 1.29 is 9.59 Å². The first-order chi connectivity index (χ1) is 9.62. The largest absolute Gasteiger partial charge is 0.342 e. The number of benzene rings is 1. The smallest absolute Gasteiger partial charge is 0.250 e. The minimum absolute atomic E-state index is 0.0594. The van der Waals surface area contributed by atoms with E-state index in [-0.39, 0.29) is 17.2 Å². The molecule has 21 heavy (non-hydrogen) atoms. The molecule has 2 amide bonds. The van der Waals surface area contributed by atoms with Gasteiger partial charge in [0.05, 0.1) is 0 Å². The zero-order chi connectivity index (χ0) is 15.9. The number of rotatable bonds is 1. The number of nitrogens with one attached hydrogen (secondary N) is 1. The van der Waals surface area contributed by atoms with Gasteiger partial charge in [-0.15, -0.1) is 0 Å². The van der Waals surface area contributed by atoms with Crippen LogP contribution in [0.3, 0.4) is 0 Å². The predicted octanol–water partition coefficient (Wildman–Crippen LogP) is 3.02. The maximum absolute atomic E-state index is 12.9. The fourth-order valence-corrected chi connectivity index (χ4v) is 2.88. The van der Waals surface area contributed by atoms with Crippen molar-refractivity contribution in [2.45, 2.75) is 46.7 Å². The molecule has 2 unspecified atom stereocenters. The molecule has 2 atom stereocenters. The van der Waals surface area contributed by atoms with Gasteiger partial charge in [0, 0.05) is 10.2 Å². The molecule has 5 heteroatoms. The van der Waals surface area contributed by atoms with Gasteiger partial charge >= 0.3 is 0 Å². The number of nitrogens with zero attached hydrogens (tertiary/aromatic N) is 1. The van der Waals surface area contributed by atoms with Gasteiger partial charge in [0.15, 0.2) is 0 Å². The third-order valence-electron chi connectivity index (χ3n) is 3.83. The SMILES string of the molecule is Cc1ccc(Br)cc1N1C(=O)C(C(C)(C)C)NC(=O)C1C. The molecular formula is C16H21BrN2O2. The molecule has 114 valence electrons. The van der Waals surface area contributed by atoms with Gasteiger partial charge in [-0.2, -0.15) is 0 Å². The van der Waals surface area contributed by atoms with E-state index in [1.54, 1.807) is 11.8 Å². The number of carbonyl (C=O) groups is 2. The lowest BCUT2D eigenvalue weighted by molar-refractivity contribution is -0.136. The van der Waals surface area contributed by atoms with Crippen LogP contribution in [0.5, 0.6) is 0 Å². The number of carbonyl (C=O) groups excluding carboxylic acids is 2. The molecule has 0 aromatic heterocycles. The van der Waals surface area contributed by atoms with Gasteiger partial charge in [0.1, 0.15) is 12.1 Å². The van der Waals surface area contributed by atoms with Crippen molar-refractivity contribution in [1.29, 1.82) is 0 Å². The number of hydrogen-bond acceptors (Lipinski definition) is 2. The summed E-state index contributed by atoms with van der Waals surface area (Å²) in [5.74, 6) is -0.176. The Balaban J connectivity index is 2.51. The van der Waals surface area contributed by atoms with Crippen molar-refractivity contribution in [3.05, 3.63) is 28.2 Å². The number of piperazine rings is 1. The van der Waals surface area contributed by atoms with E-state index >= 15 is 0 Å². The Morgan fingerprint density at radius 2 is 1.86 bits per heavy atom. The molecule has 1 fully saturated rings. The van der Waals surface area contributed by atoms with Crippen LogP contribution in [-0.4, -0.2) is 23.9 Å². The van der Waals surface area contributed by atoms with Crippen LogP contribution in [0.4, 0.5) is 5.69 Å². The Morgan fingerprint density at radius 1 is 1.24 bits per heavy atom. The Hall–Kier alpha value is -1.36. The maximum Gasteiger partial charge on any atom is 0.250 e. The molecular weight excluding hydrogens is 332 g/mol. The number of amides is 2. The summed E-state index contributed by atoms with van der Waals surface area (Å²) in [6, 6.07) is 4.74. The van der Waals surface area contributed by atoms with E-state index in [0.717, 1.165) is 15.7 Å². The molecule has 1 aliphatic rings. The van der Waals surface area contributed by atoms with Gasteiger partial charge in [-0.25, -0.2) is 0 Å². The average molecular weight is 353 g/mol. The van der Waals surface area contributed by atoms with Crippen molar-refractivity contribution in [2.24, 2.45) is 5.41 Å². The van der Waals surface area contributed by atoms with E-state index in [1.807, 2.05) is 45.9 Å². The van der Waals surface area contributed by atoms with E-state index in [1.165, 1.54) is 0 Å². The highest BCUT2D eigenvalue weighted by atomic mass is 79.9. The summed E-state index contributed by atoms with van der Waals surface area (Å²) in [5, 5.41) is 2.85. The van der Waals surface area contributed by atoms with E-state index in [4.69, 9.17) is 0 Å². The molecule has 0 radical (unpaired) electrons. The van der Waals surface area contributed by atoms with Crippen LogP contribution in [0, 0.1) is 12.3 Å². The van der Waals surface area contributed by atoms with Crippen molar-refractivity contribution in [3.8, 4) is 0 Å². The number of halogens is 1. The monoisotopic (exact) mass is 352 g/mol. The predicted molar refractivity (Wildman–Crippen MR) is 87.2 cm³/mol. The van der Waals surface area contributed by atoms with Crippen LogP contribution in [-0.2, 0) is 9.59 Å². The molecule has 0 saturated carbocycles. The quantitative estimate of drug-likeness (QED) is 0.844. The molecule has 4 nitrogen and oxygen atoms in total. The molecule has 1 aromatic rings. The Kier molecular flexibility index (Phi) is 4.15. The Morgan fingerprint density at radius 3 is 2.43 bits per heavy atom. The lowest BCUT2D eigenvalue weighted by atomic mass is 9.83. The van der Waals surface area contributed by atoms with Crippen LogP contribution >= 0.6 is 15.9 Å². The van der Waals surface area contributed by atoms with Crippen LogP contribution in [0.2, 0.25) is 0 Å². The molecule has 0 spiro atoms. The first-order valence-electron chi connectivity index (χ1n) is 7.02. The van der Waals surface area contributed by atoms with Crippen molar-refractivity contribution in [2.75, 3.05) is 4.90 Å². The summed E-state index contributed by atoms with van der Waals surface area (Å²) in [4.78, 5) is 26.8. The van der Waals surface area contributed by atoms with Crippen molar-refractivity contribution in [3.63, 3.8) is 0 Å². The third kappa shape index (κ3) is 2.98. The van der Waals surface area contributed by atoms with E-state index in [9.17, 15) is 9.59 Å². The fraction of sp³-hybridized carbons (Fsp3) is 0.500. The van der Waals surface area contributed by atoms with Crippen LogP contribution in [0.1, 0.15) is 33.3 Å². The lowest BCUT2D eigenvalue weighted by Crippen LogP contribution is -2.66. The molecule has 1 aromatic carbocycles. The molecule has 2 rings (SSSR count). The van der Waals surface area contributed by atoms with E-state index in [2.05, 4.69) is 21.2 Å². The third-order valence-corrected chi connectivity index (χ3v) is 4.33. The zero-order valence-corrected chi connectivity index (χ0v) is 14.6. The second kappa shape index (κ2) is 5.44. The molecule has 1 saturated heterocycles. The van der Waals surface area contributed by atoms with Crippen LogP contribution in [0.15, 0.2) is 22.7 Å². The van der Waals surface area contributed by atoms with E-state index in [0.29, 0.717) is 0 Å². The van der Waals surface area contributed by atoms with Crippen molar-refractivity contribution >= 4 is 33.4 Å². The second-order valence-corrected chi connectivity index (χ2v) is 7.54. The topological polar surface area (TPSA) is 49.4 Å². The molecule has 1 heterocycles. The summed E-state index contributed by atoms with van der Waals surface area (Å²) in [7, 11) is 0. The lowest BCUT2D eigenvalue weighted by Gasteiger charge is -2.42. The van der Waals surface area contributed by atoms with E-state index < -0.39 is 12.1 Å². The second-order valence-electron chi connectivity index (χ2n) is 6.62. The first-order valence-corrected chi connectivity index (χ1v) is 7.82. The zero-order valence-electron chi connectivity index (χ0n) is 13.0. The Bertz CT molecular complexity index is 592. The van der Waals surface area contributed by atoms with Gasteiger partial charge < -0.3 is 5.32 Å². The average Bonchev–Trinajstić information content (AvgIpc) is 2.36.